The van der Waals surface area contributed by atoms with Crippen LogP contribution in [0, 0.1) is 6.92 Å². The van der Waals surface area contributed by atoms with Gasteiger partial charge in [-0.05, 0) is 36.6 Å². The number of benzene rings is 2. The molecule has 0 aliphatic heterocycles. The van der Waals surface area contributed by atoms with Gasteiger partial charge in [0.2, 0.25) is 0 Å². The van der Waals surface area contributed by atoms with Crippen LogP contribution in [0.25, 0.3) is 22.3 Å². The minimum Gasteiger partial charge on any atom is -0.456 e. The summed E-state index contributed by atoms with van der Waals surface area (Å²) in [5.41, 5.74) is 10.5. The van der Waals surface area contributed by atoms with Gasteiger partial charge in [-0.25, -0.2) is 0 Å². The minimum absolute atomic E-state index is 0.0843. The van der Waals surface area contributed by atoms with Crippen LogP contribution in [0.15, 0.2) is 52.9 Å². The Morgan fingerprint density at radius 1 is 1.10 bits per heavy atom. The van der Waals surface area contributed by atoms with Crippen molar-refractivity contribution in [3.63, 3.8) is 0 Å². The predicted molar refractivity (Wildman–Crippen MR) is 83.6 cm³/mol. The van der Waals surface area contributed by atoms with Gasteiger partial charge in [0.15, 0.2) is 0 Å². The third kappa shape index (κ3) is 2.23. The fourth-order valence-electron chi connectivity index (χ4n) is 2.51. The van der Waals surface area contributed by atoms with Gasteiger partial charge in [0.25, 0.3) is 0 Å². The van der Waals surface area contributed by atoms with Crippen LogP contribution in [-0.2, 0) is 0 Å². The Bertz CT molecular complexity index is 742. The molecule has 1 heterocycles. The molecule has 20 heavy (non-hydrogen) atoms. The van der Waals surface area contributed by atoms with Gasteiger partial charge in [-0.1, -0.05) is 43.3 Å². The van der Waals surface area contributed by atoms with E-state index in [1.807, 2.05) is 6.07 Å². The third-order valence-electron chi connectivity index (χ3n) is 3.78. The molecule has 3 rings (SSSR count). The van der Waals surface area contributed by atoms with Crippen molar-refractivity contribution in [2.75, 3.05) is 0 Å². The highest BCUT2D eigenvalue weighted by atomic mass is 16.3. The van der Waals surface area contributed by atoms with E-state index in [9.17, 15) is 0 Å². The number of rotatable bonds is 3. The summed E-state index contributed by atoms with van der Waals surface area (Å²) in [5.74, 6) is 0.902. The maximum atomic E-state index is 6.11. The number of hydrogen-bond acceptors (Lipinski definition) is 2. The lowest BCUT2D eigenvalue weighted by Gasteiger charge is -2.09. The first-order valence-electron chi connectivity index (χ1n) is 7.04. The molecule has 0 amide bonds. The van der Waals surface area contributed by atoms with Gasteiger partial charge in [-0.2, -0.15) is 0 Å². The molecule has 0 radical (unpaired) electrons. The van der Waals surface area contributed by atoms with Crippen molar-refractivity contribution < 1.29 is 4.42 Å². The first-order chi connectivity index (χ1) is 9.69. The average Bonchev–Trinajstić information content (AvgIpc) is 2.92. The van der Waals surface area contributed by atoms with Crippen molar-refractivity contribution in [2.24, 2.45) is 5.73 Å². The van der Waals surface area contributed by atoms with Crippen LogP contribution in [0.1, 0.15) is 30.5 Å². The van der Waals surface area contributed by atoms with Gasteiger partial charge >= 0.3 is 0 Å². The van der Waals surface area contributed by atoms with Crippen molar-refractivity contribution in [2.45, 2.75) is 26.3 Å². The molecule has 3 aromatic rings. The van der Waals surface area contributed by atoms with E-state index in [0.29, 0.717) is 0 Å². The van der Waals surface area contributed by atoms with Gasteiger partial charge in [0, 0.05) is 17.0 Å². The second kappa shape index (κ2) is 5.14. The quantitative estimate of drug-likeness (QED) is 0.737. The topological polar surface area (TPSA) is 39.2 Å². The summed E-state index contributed by atoms with van der Waals surface area (Å²) in [4.78, 5) is 0. The molecule has 2 N–H and O–H groups in total. The highest BCUT2D eigenvalue weighted by molar-refractivity contribution is 5.85. The number of nitrogens with two attached hydrogens (primary N) is 1. The number of fused-ring (bicyclic) bond motifs is 1. The molecule has 0 spiro atoms. The normalized spacial score (nSPS) is 12.8. The van der Waals surface area contributed by atoms with E-state index in [-0.39, 0.29) is 6.04 Å². The van der Waals surface area contributed by atoms with Crippen LogP contribution in [0.4, 0.5) is 0 Å². The van der Waals surface area contributed by atoms with Gasteiger partial charge in [-0.15, -0.1) is 0 Å². The first kappa shape index (κ1) is 12.9. The van der Waals surface area contributed by atoms with Crippen LogP contribution in [0.3, 0.4) is 0 Å². The number of aryl methyl sites for hydroxylation is 1. The van der Waals surface area contributed by atoms with E-state index in [2.05, 4.69) is 56.3 Å². The van der Waals surface area contributed by atoms with E-state index in [1.165, 1.54) is 0 Å². The predicted octanol–water partition coefficient (Wildman–Crippen LogP) is 4.82. The highest BCUT2D eigenvalue weighted by Crippen LogP contribution is 2.30. The van der Waals surface area contributed by atoms with Gasteiger partial charge in [0.05, 0.1) is 0 Å². The highest BCUT2D eigenvalue weighted by Gasteiger charge is 2.10. The van der Waals surface area contributed by atoms with Crippen LogP contribution < -0.4 is 5.73 Å². The maximum Gasteiger partial charge on any atom is 0.137 e. The van der Waals surface area contributed by atoms with Crippen LogP contribution in [0.2, 0.25) is 0 Å². The van der Waals surface area contributed by atoms with Crippen molar-refractivity contribution in [1.29, 1.82) is 0 Å². The van der Waals surface area contributed by atoms with E-state index in [1.54, 1.807) is 0 Å². The molecule has 1 aromatic heterocycles. The molecule has 2 heteroatoms. The molecule has 0 aliphatic carbocycles. The van der Waals surface area contributed by atoms with Crippen LogP contribution in [-0.4, -0.2) is 0 Å². The molecule has 0 fully saturated rings. The fraction of sp³-hybridized carbons (Fsp3) is 0.222. The second-order valence-corrected chi connectivity index (χ2v) is 5.24. The summed E-state index contributed by atoms with van der Waals surface area (Å²) in [6.45, 7) is 4.17. The number of para-hydroxylation sites is 1. The number of hydrogen-bond donors (Lipinski definition) is 1. The molecule has 102 valence electrons. The largest absolute Gasteiger partial charge is 0.456 e. The smallest absolute Gasteiger partial charge is 0.137 e. The van der Waals surface area contributed by atoms with E-state index in [4.69, 9.17) is 10.2 Å². The van der Waals surface area contributed by atoms with Crippen LogP contribution in [0.5, 0.6) is 0 Å². The Balaban J connectivity index is 2.09. The summed E-state index contributed by atoms with van der Waals surface area (Å²) in [5, 5.41) is 1.14. The molecular weight excluding hydrogens is 246 g/mol. The molecule has 2 aromatic carbocycles. The summed E-state index contributed by atoms with van der Waals surface area (Å²) in [6.07, 6.45) is 0.933. The monoisotopic (exact) mass is 265 g/mol. The van der Waals surface area contributed by atoms with E-state index >= 15 is 0 Å². The van der Waals surface area contributed by atoms with E-state index < -0.39 is 0 Å². The summed E-state index contributed by atoms with van der Waals surface area (Å²) >= 11 is 0. The molecule has 0 aliphatic rings. The fourth-order valence-corrected chi connectivity index (χ4v) is 2.51. The second-order valence-electron chi connectivity index (χ2n) is 5.24. The van der Waals surface area contributed by atoms with Crippen molar-refractivity contribution in [3.05, 3.63) is 59.7 Å². The Kier molecular flexibility index (Phi) is 3.33. The molecule has 0 bridgehead atoms. The van der Waals surface area contributed by atoms with Crippen molar-refractivity contribution >= 4 is 11.0 Å². The average molecular weight is 265 g/mol. The van der Waals surface area contributed by atoms with Crippen molar-refractivity contribution in [1.82, 2.24) is 0 Å². The molecule has 1 atom stereocenters. The Morgan fingerprint density at radius 2 is 1.90 bits per heavy atom. The standard InChI is InChI=1S/C18H19NO/c1-3-16(19)13-7-5-8-14(10-13)17-11-15-9-4-6-12(2)18(15)20-17/h4-11,16H,3,19H2,1-2H3. The zero-order valence-electron chi connectivity index (χ0n) is 11.9. The molecule has 2 nitrogen and oxygen atoms in total. The van der Waals surface area contributed by atoms with Gasteiger partial charge < -0.3 is 10.2 Å². The maximum absolute atomic E-state index is 6.11. The summed E-state index contributed by atoms with van der Waals surface area (Å²) < 4.78 is 6.01. The molecular formula is C18H19NO. The lowest BCUT2D eigenvalue weighted by atomic mass is 10.0. The van der Waals surface area contributed by atoms with Crippen molar-refractivity contribution in [3.8, 4) is 11.3 Å². The Hall–Kier alpha value is -2.06. The van der Waals surface area contributed by atoms with Gasteiger partial charge in [-0.3, -0.25) is 0 Å². The number of furan rings is 1. The first-order valence-corrected chi connectivity index (χ1v) is 7.04. The minimum atomic E-state index is 0.0843. The summed E-state index contributed by atoms with van der Waals surface area (Å²) in [6, 6.07) is 16.7. The van der Waals surface area contributed by atoms with E-state index in [0.717, 1.165) is 39.8 Å². The zero-order valence-corrected chi connectivity index (χ0v) is 11.9. The Labute approximate surface area is 119 Å². The lowest BCUT2D eigenvalue weighted by Crippen LogP contribution is -2.08. The third-order valence-corrected chi connectivity index (χ3v) is 3.78. The lowest BCUT2D eigenvalue weighted by molar-refractivity contribution is 0.628. The summed E-state index contributed by atoms with van der Waals surface area (Å²) in [7, 11) is 0. The molecule has 0 saturated carbocycles. The van der Waals surface area contributed by atoms with Crippen LogP contribution >= 0.6 is 0 Å². The zero-order chi connectivity index (χ0) is 14.1. The van der Waals surface area contributed by atoms with Gasteiger partial charge in [0.1, 0.15) is 11.3 Å². The SMILES string of the molecule is CCC(N)c1cccc(-c2cc3cccc(C)c3o2)c1. The Morgan fingerprint density at radius 3 is 2.65 bits per heavy atom. The molecule has 0 saturated heterocycles. The molecule has 1 unspecified atom stereocenters.